The third kappa shape index (κ3) is 6.30. The van der Waals surface area contributed by atoms with E-state index in [4.69, 9.17) is 17.0 Å². The number of anilines is 1. The smallest absolute Gasteiger partial charge is 0.387 e. The molecule has 0 saturated carbocycles. The fourth-order valence-electron chi connectivity index (χ4n) is 1.40. The van der Waals surface area contributed by atoms with Crippen LogP contribution >= 0.6 is 12.2 Å². The summed E-state index contributed by atoms with van der Waals surface area (Å²) in [4.78, 5) is 0. The predicted octanol–water partition coefficient (Wildman–Crippen LogP) is 2.61. The topological polar surface area (TPSA) is 42.5 Å². The number of rotatable bonds is 6. The molecule has 7 heteroatoms. The van der Waals surface area contributed by atoms with Gasteiger partial charge in [0.2, 0.25) is 0 Å². The number of alkyl halides is 2. The molecule has 1 unspecified atom stereocenters. The Morgan fingerprint density at radius 2 is 1.95 bits per heavy atom. The lowest BCUT2D eigenvalue weighted by Crippen LogP contribution is -2.38. The second-order valence-corrected chi connectivity index (χ2v) is 4.27. The standard InChI is InChI=1S/C12H16F2N2O2S/c1-8(7-17-2)15-12(19)16-9-3-5-10(6-4-9)18-11(13)14/h3-6,8,11H,7H2,1-2H3,(H2,15,16,19). The van der Waals surface area contributed by atoms with Gasteiger partial charge >= 0.3 is 6.61 Å². The van der Waals surface area contributed by atoms with Crippen LogP contribution in [0.4, 0.5) is 14.5 Å². The van der Waals surface area contributed by atoms with Gasteiger partial charge in [-0.3, -0.25) is 0 Å². The Morgan fingerprint density at radius 3 is 2.47 bits per heavy atom. The minimum atomic E-state index is -2.82. The van der Waals surface area contributed by atoms with Gasteiger partial charge in [0, 0.05) is 18.8 Å². The molecule has 1 aromatic carbocycles. The highest BCUT2D eigenvalue weighted by molar-refractivity contribution is 7.80. The van der Waals surface area contributed by atoms with E-state index >= 15 is 0 Å². The number of hydrogen-bond donors (Lipinski definition) is 2. The fourth-order valence-corrected chi connectivity index (χ4v) is 1.72. The molecule has 0 spiro atoms. The Kier molecular flexibility index (Phi) is 6.44. The number of nitrogens with one attached hydrogen (secondary N) is 2. The highest BCUT2D eigenvalue weighted by Crippen LogP contribution is 2.17. The first-order valence-corrected chi connectivity index (χ1v) is 6.03. The van der Waals surface area contributed by atoms with Crippen LogP contribution in [-0.4, -0.2) is 31.5 Å². The van der Waals surface area contributed by atoms with Crippen LogP contribution in [0.15, 0.2) is 24.3 Å². The lowest BCUT2D eigenvalue weighted by atomic mass is 10.3. The highest BCUT2D eigenvalue weighted by Gasteiger charge is 2.05. The second kappa shape index (κ2) is 7.85. The summed E-state index contributed by atoms with van der Waals surface area (Å²) in [7, 11) is 1.61. The summed E-state index contributed by atoms with van der Waals surface area (Å²) in [5.74, 6) is 0.104. The Balaban J connectivity index is 2.46. The quantitative estimate of drug-likeness (QED) is 0.788. The van der Waals surface area contributed by atoms with Gasteiger partial charge in [0.25, 0.3) is 0 Å². The van der Waals surface area contributed by atoms with Crippen LogP contribution in [0, 0.1) is 0 Å². The van der Waals surface area contributed by atoms with Gasteiger partial charge in [0.15, 0.2) is 5.11 Å². The molecule has 2 N–H and O–H groups in total. The summed E-state index contributed by atoms with van der Waals surface area (Å²) in [5, 5.41) is 6.39. The Hall–Kier alpha value is -1.47. The van der Waals surface area contributed by atoms with Gasteiger partial charge in [-0.05, 0) is 43.4 Å². The van der Waals surface area contributed by atoms with Crippen LogP contribution in [0.3, 0.4) is 0 Å². The predicted molar refractivity (Wildman–Crippen MR) is 73.8 cm³/mol. The summed E-state index contributed by atoms with van der Waals surface area (Å²) < 4.78 is 33.1. The van der Waals surface area contributed by atoms with E-state index in [2.05, 4.69) is 15.4 Å². The van der Waals surface area contributed by atoms with Crippen molar-refractivity contribution in [3.05, 3.63) is 24.3 Å². The fraction of sp³-hybridized carbons (Fsp3) is 0.417. The summed E-state index contributed by atoms with van der Waals surface area (Å²) >= 11 is 5.10. The first-order valence-electron chi connectivity index (χ1n) is 5.62. The number of methoxy groups -OCH3 is 1. The van der Waals surface area contributed by atoms with Gasteiger partial charge in [0.05, 0.1) is 6.61 Å². The van der Waals surface area contributed by atoms with Crippen molar-refractivity contribution >= 4 is 23.0 Å². The van der Waals surface area contributed by atoms with E-state index in [0.29, 0.717) is 17.4 Å². The third-order valence-corrected chi connectivity index (χ3v) is 2.35. The molecule has 0 aromatic heterocycles. The van der Waals surface area contributed by atoms with Gasteiger partial charge in [-0.1, -0.05) is 0 Å². The molecule has 1 rings (SSSR count). The van der Waals surface area contributed by atoms with Crippen LogP contribution in [-0.2, 0) is 4.74 Å². The minimum absolute atomic E-state index is 0.0754. The van der Waals surface area contributed by atoms with Crippen molar-refractivity contribution in [1.82, 2.24) is 5.32 Å². The Bertz CT molecular complexity index is 401. The maximum absolute atomic E-state index is 12.0. The first-order chi connectivity index (χ1) is 9.01. The Labute approximate surface area is 116 Å². The normalized spacial score (nSPS) is 12.1. The van der Waals surface area contributed by atoms with E-state index in [1.165, 1.54) is 12.1 Å². The SMILES string of the molecule is COCC(C)NC(=S)Nc1ccc(OC(F)F)cc1. The van der Waals surface area contributed by atoms with E-state index in [9.17, 15) is 8.78 Å². The van der Waals surface area contributed by atoms with Crippen molar-refractivity contribution in [2.75, 3.05) is 19.0 Å². The van der Waals surface area contributed by atoms with E-state index in [1.807, 2.05) is 6.92 Å². The monoisotopic (exact) mass is 290 g/mol. The molecule has 0 heterocycles. The zero-order chi connectivity index (χ0) is 14.3. The van der Waals surface area contributed by atoms with Gasteiger partial charge in [-0.15, -0.1) is 0 Å². The van der Waals surface area contributed by atoms with Gasteiger partial charge in [0.1, 0.15) is 5.75 Å². The molecule has 0 aliphatic rings. The van der Waals surface area contributed by atoms with Crippen molar-refractivity contribution in [3.8, 4) is 5.75 Å². The van der Waals surface area contributed by atoms with Crippen LogP contribution in [0.5, 0.6) is 5.75 Å². The number of hydrogen-bond acceptors (Lipinski definition) is 3. The molecule has 19 heavy (non-hydrogen) atoms. The molecule has 1 atom stereocenters. The molecule has 0 saturated heterocycles. The summed E-state index contributed by atoms with van der Waals surface area (Å²) in [6.07, 6.45) is 0. The minimum Gasteiger partial charge on any atom is -0.435 e. The number of thiocarbonyl (C=S) groups is 1. The van der Waals surface area contributed by atoms with Crippen LogP contribution in [0.25, 0.3) is 0 Å². The molecular formula is C12H16F2N2O2S. The molecule has 106 valence electrons. The van der Waals surface area contributed by atoms with Crippen molar-refractivity contribution in [2.24, 2.45) is 0 Å². The van der Waals surface area contributed by atoms with Gasteiger partial charge in [-0.25, -0.2) is 0 Å². The molecule has 4 nitrogen and oxygen atoms in total. The van der Waals surface area contributed by atoms with Crippen molar-refractivity contribution in [3.63, 3.8) is 0 Å². The summed E-state index contributed by atoms with van der Waals surface area (Å²) in [6, 6.07) is 6.16. The van der Waals surface area contributed by atoms with Crippen LogP contribution in [0.2, 0.25) is 0 Å². The summed E-state index contributed by atoms with van der Waals surface area (Å²) in [5.41, 5.74) is 0.684. The largest absolute Gasteiger partial charge is 0.435 e. The summed E-state index contributed by atoms with van der Waals surface area (Å²) in [6.45, 7) is -0.364. The number of benzene rings is 1. The van der Waals surface area contributed by atoms with Crippen molar-refractivity contribution in [1.29, 1.82) is 0 Å². The zero-order valence-electron chi connectivity index (χ0n) is 10.7. The maximum Gasteiger partial charge on any atom is 0.387 e. The van der Waals surface area contributed by atoms with Gasteiger partial charge < -0.3 is 20.1 Å². The second-order valence-electron chi connectivity index (χ2n) is 3.86. The lowest BCUT2D eigenvalue weighted by molar-refractivity contribution is -0.0498. The number of halogens is 2. The van der Waals surface area contributed by atoms with Crippen LogP contribution < -0.4 is 15.4 Å². The molecule has 0 radical (unpaired) electrons. The van der Waals surface area contributed by atoms with Crippen LogP contribution in [0.1, 0.15) is 6.92 Å². The number of ether oxygens (including phenoxy) is 2. The first kappa shape index (κ1) is 15.6. The van der Waals surface area contributed by atoms with E-state index < -0.39 is 6.61 Å². The van der Waals surface area contributed by atoms with Crippen molar-refractivity contribution < 1.29 is 18.3 Å². The van der Waals surface area contributed by atoms with E-state index in [0.717, 1.165) is 0 Å². The maximum atomic E-state index is 12.0. The van der Waals surface area contributed by atoms with E-state index in [1.54, 1.807) is 19.2 Å². The molecule has 0 aliphatic carbocycles. The lowest BCUT2D eigenvalue weighted by Gasteiger charge is -2.16. The molecule has 0 aliphatic heterocycles. The highest BCUT2D eigenvalue weighted by atomic mass is 32.1. The zero-order valence-corrected chi connectivity index (χ0v) is 11.5. The molecule has 0 bridgehead atoms. The third-order valence-electron chi connectivity index (χ3n) is 2.13. The average Bonchev–Trinajstić information content (AvgIpc) is 2.31. The molecular weight excluding hydrogens is 274 g/mol. The molecule has 1 aromatic rings. The molecule has 0 amide bonds. The average molecular weight is 290 g/mol. The van der Waals surface area contributed by atoms with Gasteiger partial charge in [-0.2, -0.15) is 8.78 Å². The van der Waals surface area contributed by atoms with Crippen molar-refractivity contribution in [2.45, 2.75) is 19.6 Å². The molecule has 0 fully saturated rings. The Morgan fingerprint density at radius 1 is 1.32 bits per heavy atom. The van der Waals surface area contributed by atoms with E-state index in [-0.39, 0.29) is 11.8 Å².